The molecule has 3 heterocycles. The smallest absolute Gasteiger partial charge is 0.223 e. The molecule has 3 rings (SSSR count). The highest BCUT2D eigenvalue weighted by molar-refractivity contribution is 7.88. The van der Waals surface area contributed by atoms with E-state index in [0.717, 1.165) is 0 Å². The Kier molecular flexibility index (Phi) is 5.77. The first-order chi connectivity index (χ1) is 13.5. The van der Waals surface area contributed by atoms with Crippen molar-refractivity contribution in [2.24, 2.45) is 11.1 Å². The van der Waals surface area contributed by atoms with E-state index in [1.807, 2.05) is 0 Å². The molecule has 2 amide bonds. The fraction of sp³-hybridized carbons (Fsp3) is 0.579. The Balaban J connectivity index is 1.73. The molecule has 10 heteroatoms. The summed E-state index contributed by atoms with van der Waals surface area (Å²) < 4.78 is 27.0. The lowest BCUT2D eigenvalue weighted by Gasteiger charge is -2.28. The molecule has 2 N–H and O–H groups in total. The molecule has 2 unspecified atom stereocenters. The molecule has 2 fully saturated rings. The molecule has 1 aromatic rings. The number of nitrogens with two attached hydrogens (primary N) is 1. The van der Waals surface area contributed by atoms with Crippen LogP contribution < -0.4 is 5.73 Å². The maximum atomic E-state index is 12.9. The number of carbonyl (C=O) groups is 3. The van der Waals surface area contributed by atoms with Crippen LogP contribution in [-0.4, -0.2) is 65.4 Å². The molecule has 2 aliphatic rings. The number of Topliss-reactive ketones (excluding diaryl/α,β-unsaturated/α-hetero) is 1. The van der Waals surface area contributed by atoms with Crippen LogP contribution in [0.2, 0.25) is 0 Å². The third kappa shape index (κ3) is 4.64. The Bertz CT molecular complexity index is 916. The minimum Gasteiger partial charge on any atom is -0.370 e. The van der Waals surface area contributed by atoms with Gasteiger partial charge in [0.2, 0.25) is 21.8 Å². The van der Waals surface area contributed by atoms with Gasteiger partial charge in [0, 0.05) is 25.6 Å². The second-order valence-electron chi connectivity index (χ2n) is 8.46. The van der Waals surface area contributed by atoms with E-state index in [9.17, 15) is 22.8 Å². The summed E-state index contributed by atoms with van der Waals surface area (Å²) in [5.41, 5.74) is 5.02. The zero-order chi connectivity index (χ0) is 21.4. The number of sulfonamides is 1. The minimum absolute atomic E-state index is 0.0548. The van der Waals surface area contributed by atoms with Gasteiger partial charge in [0.1, 0.15) is 11.8 Å². The number of aromatic nitrogens is 1. The zero-order valence-electron chi connectivity index (χ0n) is 16.6. The van der Waals surface area contributed by atoms with Crippen molar-refractivity contribution in [1.29, 1.82) is 0 Å². The molecule has 2 atom stereocenters. The number of primary amides is 1. The number of hydrogen-bond acceptors (Lipinski definition) is 6. The molecule has 1 aromatic heterocycles. The van der Waals surface area contributed by atoms with E-state index in [1.54, 1.807) is 32.0 Å². The summed E-state index contributed by atoms with van der Waals surface area (Å²) in [6, 6.07) is 3.70. The number of hydrogen-bond donors (Lipinski definition) is 1. The van der Waals surface area contributed by atoms with Crippen LogP contribution in [0.4, 0.5) is 0 Å². The van der Waals surface area contributed by atoms with E-state index in [4.69, 9.17) is 5.73 Å². The highest BCUT2D eigenvalue weighted by Crippen LogP contribution is 2.35. The first kappa shape index (κ1) is 21.4. The van der Waals surface area contributed by atoms with Crippen molar-refractivity contribution in [3.8, 4) is 0 Å². The van der Waals surface area contributed by atoms with Gasteiger partial charge in [-0.3, -0.25) is 19.4 Å². The van der Waals surface area contributed by atoms with Crippen molar-refractivity contribution >= 4 is 27.6 Å². The highest BCUT2D eigenvalue weighted by Gasteiger charge is 2.53. The van der Waals surface area contributed by atoms with Crippen LogP contribution in [0.3, 0.4) is 0 Å². The summed E-state index contributed by atoms with van der Waals surface area (Å²) in [6.45, 7) is 3.60. The quantitative estimate of drug-likeness (QED) is 0.661. The molecule has 158 valence electrons. The van der Waals surface area contributed by atoms with Gasteiger partial charge in [-0.25, -0.2) is 8.42 Å². The predicted molar refractivity (Wildman–Crippen MR) is 105 cm³/mol. The second kappa shape index (κ2) is 7.83. The van der Waals surface area contributed by atoms with Gasteiger partial charge in [-0.05, 0) is 24.0 Å². The maximum absolute atomic E-state index is 12.9. The van der Waals surface area contributed by atoms with E-state index in [1.165, 1.54) is 15.4 Å². The fourth-order valence-corrected chi connectivity index (χ4v) is 5.88. The first-order valence-electron chi connectivity index (χ1n) is 9.50. The van der Waals surface area contributed by atoms with Crippen LogP contribution in [0.15, 0.2) is 24.4 Å². The third-order valence-electron chi connectivity index (χ3n) is 5.39. The van der Waals surface area contributed by atoms with E-state index >= 15 is 0 Å². The van der Waals surface area contributed by atoms with Crippen molar-refractivity contribution in [3.05, 3.63) is 30.1 Å². The highest BCUT2D eigenvalue weighted by atomic mass is 32.2. The van der Waals surface area contributed by atoms with Crippen molar-refractivity contribution in [3.63, 3.8) is 0 Å². The summed E-state index contributed by atoms with van der Waals surface area (Å²) in [4.78, 5) is 42.2. The Labute approximate surface area is 170 Å². The van der Waals surface area contributed by atoms with E-state index in [-0.39, 0.29) is 36.8 Å². The fourth-order valence-electron chi connectivity index (χ4n) is 4.21. The van der Waals surface area contributed by atoms with Gasteiger partial charge in [-0.1, -0.05) is 19.9 Å². The number of nitrogens with zero attached hydrogens (tertiary/aromatic N) is 3. The summed E-state index contributed by atoms with van der Waals surface area (Å²) in [7, 11) is -3.75. The number of rotatable bonds is 7. The Morgan fingerprint density at radius 3 is 2.62 bits per heavy atom. The number of ketones is 1. The average Bonchev–Trinajstić information content (AvgIpc) is 3.15. The molecule has 0 aromatic carbocycles. The predicted octanol–water partition coefficient (Wildman–Crippen LogP) is 0.0573. The van der Waals surface area contributed by atoms with Gasteiger partial charge in [-0.15, -0.1) is 0 Å². The molecule has 0 radical (unpaired) electrons. The molecule has 0 bridgehead atoms. The van der Waals surface area contributed by atoms with E-state index < -0.39 is 33.4 Å². The molecule has 9 nitrogen and oxygen atoms in total. The molecule has 2 saturated heterocycles. The number of likely N-dealkylation sites (tertiary alicyclic amines) is 1. The van der Waals surface area contributed by atoms with Crippen LogP contribution in [0.25, 0.3) is 0 Å². The Morgan fingerprint density at radius 1 is 1.28 bits per heavy atom. The number of fused-ring (bicyclic) bond motifs is 1. The number of amides is 2. The van der Waals surface area contributed by atoms with Gasteiger partial charge in [0.05, 0.1) is 18.3 Å². The molecule has 0 saturated carbocycles. The van der Waals surface area contributed by atoms with Crippen LogP contribution in [0, 0.1) is 5.41 Å². The topological polar surface area (TPSA) is 131 Å². The summed E-state index contributed by atoms with van der Waals surface area (Å²) in [5.74, 6) is -1.32. The van der Waals surface area contributed by atoms with Crippen molar-refractivity contribution in [2.45, 2.75) is 50.9 Å². The molecule has 2 aliphatic heterocycles. The minimum atomic E-state index is -3.75. The third-order valence-corrected chi connectivity index (χ3v) is 7.17. The van der Waals surface area contributed by atoms with Crippen LogP contribution >= 0.6 is 0 Å². The monoisotopic (exact) mass is 422 g/mol. The van der Waals surface area contributed by atoms with Gasteiger partial charge in [-0.2, -0.15) is 4.31 Å². The van der Waals surface area contributed by atoms with Crippen LogP contribution in [0.1, 0.15) is 38.8 Å². The largest absolute Gasteiger partial charge is 0.370 e. The van der Waals surface area contributed by atoms with E-state index in [0.29, 0.717) is 18.7 Å². The average molecular weight is 423 g/mol. The van der Waals surface area contributed by atoms with Gasteiger partial charge < -0.3 is 10.6 Å². The Morgan fingerprint density at radius 2 is 2.00 bits per heavy atom. The standard InChI is InChI=1S/C19H26N4O5S/c1-19(2,9-16(20)25)10-17(26)22-8-6-14-18(22)15(24)11-23(14)29(27,28)12-13-5-3-4-7-21-13/h3-5,7,14,18H,6,8-12H2,1-2H3,(H2,20,25). The maximum Gasteiger partial charge on any atom is 0.223 e. The van der Waals surface area contributed by atoms with Crippen LogP contribution in [0.5, 0.6) is 0 Å². The molecule has 0 spiro atoms. The lowest BCUT2D eigenvalue weighted by molar-refractivity contribution is -0.138. The normalized spacial score (nSPS) is 22.7. The Hall–Kier alpha value is -2.33. The SMILES string of the molecule is CC(C)(CC(N)=O)CC(=O)N1CCC2C1C(=O)CN2S(=O)(=O)Cc1ccccn1. The van der Waals surface area contributed by atoms with Crippen molar-refractivity contribution in [2.75, 3.05) is 13.1 Å². The molecular weight excluding hydrogens is 396 g/mol. The van der Waals surface area contributed by atoms with Gasteiger partial charge in [0.25, 0.3) is 0 Å². The lowest BCUT2D eigenvalue weighted by Crippen LogP contribution is -2.45. The van der Waals surface area contributed by atoms with Crippen LogP contribution in [-0.2, 0) is 30.2 Å². The second-order valence-corrected chi connectivity index (χ2v) is 10.4. The number of pyridine rings is 1. The van der Waals surface area contributed by atoms with E-state index in [2.05, 4.69) is 4.98 Å². The lowest BCUT2D eigenvalue weighted by atomic mass is 9.84. The summed E-state index contributed by atoms with van der Waals surface area (Å²) in [6.07, 6.45) is 2.04. The summed E-state index contributed by atoms with van der Waals surface area (Å²) in [5, 5.41) is 0. The van der Waals surface area contributed by atoms with Crippen molar-refractivity contribution < 1.29 is 22.8 Å². The number of carbonyl (C=O) groups excluding carboxylic acids is 3. The molecular formula is C19H26N4O5S. The van der Waals surface area contributed by atoms with Gasteiger partial charge >= 0.3 is 0 Å². The summed E-state index contributed by atoms with van der Waals surface area (Å²) >= 11 is 0. The molecule has 0 aliphatic carbocycles. The molecule has 29 heavy (non-hydrogen) atoms. The van der Waals surface area contributed by atoms with Gasteiger partial charge in [0.15, 0.2) is 5.78 Å². The van der Waals surface area contributed by atoms with Crippen molar-refractivity contribution in [1.82, 2.24) is 14.2 Å². The zero-order valence-corrected chi connectivity index (χ0v) is 17.4. The first-order valence-corrected chi connectivity index (χ1v) is 11.1.